The largest absolute Gasteiger partial charge is 0.480 e. The van der Waals surface area contributed by atoms with E-state index in [9.17, 15) is 14.7 Å². The van der Waals surface area contributed by atoms with E-state index in [0.717, 1.165) is 0 Å². The minimum absolute atomic E-state index is 0.0904. The van der Waals surface area contributed by atoms with E-state index < -0.39 is 18.1 Å². The molecule has 2 N–H and O–H groups in total. The fourth-order valence-electron chi connectivity index (χ4n) is 2.20. The number of urea groups is 1. The molecule has 2 heterocycles. The Bertz CT molecular complexity index is 316. The maximum absolute atomic E-state index is 12.1. The quantitative estimate of drug-likeness (QED) is 0.615. The second-order valence-corrected chi connectivity index (χ2v) is 4.28. The van der Waals surface area contributed by atoms with Crippen LogP contribution in [0.25, 0.3) is 0 Å². The van der Waals surface area contributed by atoms with E-state index in [0.29, 0.717) is 26.3 Å². The molecule has 0 radical (unpaired) electrons. The number of morpholine rings is 1. The van der Waals surface area contributed by atoms with Crippen LogP contribution in [0.15, 0.2) is 0 Å². The van der Waals surface area contributed by atoms with Crippen molar-refractivity contribution in [3.8, 4) is 0 Å². The molecule has 7 nitrogen and oxygen atoms in total. The number of carbonyl (C=O) groups excluding carboxylic acids is 1. The first-order valence-corrected chi connectivity index (χ1v) is 5.63. The number of aliphatic hydroxyl groups excluding tert-OH is 1. The van der Waals surface area contributed by atoms with Crippen LogP contribution in [0.1, 0.15) is 6.42 Å². The first kappa shape index (κ1) is 12.1. The Labute approximate surface area is 98.6 Å². The highest BCUT2D eigenvalue weighted by Crippen LogP contribution is 2.20. The Morgan fingerprint density at radius 2 is 1.88 bits per heavy atom. The number of amides is 2. The molecule has 2 atom stereocenters. The molecule has 0 aromatic heterocycles. The normalized spacial score (nSPS) is 29.5. The third-order valence-corrected chi connectivity index (χ3v) is 3.09. The van der Waals surface area contributed by atoms with Crippen LogP contribution < -0.4 is 0 Å². The molecule has 2 aliphatic heterocycles. The smallest absolute Gasteiger partial charge is 0.326 e. The fraction of sp³-hybridized carbons (Fsp3) is 0.800. The predicted molar refractivity (Wildman–Crippen MR) is 56.5 cm³/mol. The van der Waals surface area contributed by atoms with Gasteiger partial charge >= 0.3 is 12.0 Å². The Balaban J connectivity index is 2.04. The van der Waals surface area contributed by atoms with Gasteiger partial charge in [-0.2, -0.15) is 0 Å². The van der Waals surface area contributed by atoms with Gasteiger partial charge in [-0.15, -0.1) is 0 Å². The lowest BCUT2D eigenvalue weighted by atomic mass is 10.2. The summed E-state index contributed by atoms with van der Waals surface area (Å²) >= 11 is 0. The molecule has 0 spiro atoms. The molecule has 0 aromatic rings. The molecular formula is C10H16N2O5. The van der Waals surface area contributed by atoms with Crippen molar-refractivity contribution in [1.29, 1.82) is 0 Å². The molecule has 2 saturated heterocycles. The second-order valence-electron chi connectivity index (χ2n) is 4.28. The molecule has 2 aliphatic rings. The van der Waals surface area contributed by atoms with Gasteiger partial charge in [0.1, 0.15) is 6.04 Å². The minimum Gasteiger partial charge on any atom is -0.480 e. The number of hydrogen-bond donors (Lipinski definition) is 2. The second kappa shape index (κ2) is 4.89. The van der Waals surface area contributed by atoms with Crippen molar-refractivity contribution in [2.45, 2.75) is 18.6 Å². The van der Waals surface area contributed by atoms with Crippen LogP contribution in [-0.2, 0) is 9.53 Å². The summed E-state index contributed by atoms with van der Waals surface area (Å²) in [4.78, 5) is 25.9. The van der Waals surface area contributed by atoms with Crippen LogP contribution >= 0.6 is 0 Å². The first-order valence-electron chi connectivity index (χ1n) is 5.63. The van der Waals surface area contributed by atoms with Crippen LogP contribution in [0.3, 0.4) is 0 Å². The Morgan fingerprint density at radius 1 is 1.24 bits per heavy atom. The van der Waals surface area contributed by atoms with Crippen molar-refractivity contribution in [3.05, 3.63) is 0 Å². The van der Waals surface area contributed by atoms with E-state index in [-0.39, 0.29) is 19.0 Å². The number of aliphatic carboxylic acids is 1. The van der Waals surface area contributed by atoms with Crippen LogP contribution in [0.5, 0.6) is 0 Å². The third-order valence-electron chi connectivity index (χ3n) is 3.09. The van der Waals surface area contributed by atoms with Crippen molar-refractivity contribution < 1.29 is 24.5 Å². The van der Waals surface area contributed by atoms with Gasteiger partial charge < -0.3 is 24.7 Å². The van der Waals surface area contributed by atoms with Crippen LogP contribution in [0, 0.1) is 0 Å². The molecule has 0 aromatic carbocycles. The van der Waals surface area contributed by atoms with E-state index >= 15 is 0 Å². The summed E-state index contributed by atoms with van der Waals surface area (Å²) in [6.07, 6.45) is -0.646. The van der Waals surface area contributed by atoms with E-state index in [2.05, 4.69) is 0 Å². The maximum atomic E-state index is 12.1. The molecule has 96 valence electrons. The molecule has 7 heteroatoms. The van der Waals surface area contributed by atoms with Crippen molar-refractivity contribution in [2.24, 2.45) is 0 Å². The number of ether oxygens (including phenoxy) is 1. The summed E-state index contributed by atoms with van der Waals surface area (Å²) in [5.74, 6) is -1.07. The zero-order valence-electron chi connectivity index (χ0n) is 9.41. The lowest BCUT2D eigenvalue weighted by Crippen LogP contribution is -2.51. The average molecular weight is 244 g/mol. The lowest BCUT2D eigenvalue weighted by molar-refractivity contribution is -0.141. The number of likely N-dealkylation sites (tertiary alicyclic amines) is 1. The van der Waals surface area contributed by atoms with Gasteiger partial charge in [-0.05, 0) is 0 Å². The molecule has 2 rings (SSSR count). The Morgan fingerprint density at radius 3 is 2.47 bits per heavy atom. The summed E-state index contributed by atoms with van der Waals surface area (Å²) in [7, 11) is 0. The molecule has 2 amide bonds. The Hall–Kier alpha value is -1.34. The number of aliphatic hydroxyl groups is 1. The summed E-state index contributed by atoms with van der Waals surface area (Å²) in [5.41, 5.74) is 0. The number of carboxylic acids is 1. The molecule has 2 fully saturated rings. The van der Waals surface area contributed by atoms with E-state index in [4.69, 9.17) is 9.84 Å². The fourth-order valence-corrected chi connectivity index (χ4v) is 2.20. The van der Waals surface area contributed by atoms with Crippen LogP contribution in [0.2, 0.25) is 0 Å². The molecule has 0 bridgehead atoms. The van der Waals surface area contributed by atoms with Crippen molar-refractivity contribution in [1.82, 2.24) is 9.80 Å². The number of nitrogens with zero attached hydrogens (tertiary/aromatic N) is 2. The zero-order valence-corrected chi connectivity index (χ0v) is 9.41. The molecular weight excluding hydrogens is 228 g/mol. The summed E-state index contributed by atoms with van der Waals surface area (Å²) < 4.78 is 5.13. The molecule has 0 saturated carbocycles. The van der Waals surface area contributed by atoms with Gasteiger partial charge in [0.25, 0.3) is 0 Å². The van der Waals surface area contributed by atoms with Crippen LogP contribution in [0.4, 0.5) is 4.79 Å². The topological polar surface area (TPSA) is 90.3 Å². The van der Waals surface area contributed by atoms with Gasteiger partial charge in [0, 0.05) is 26.1 Å². The van der Waals surface area contributed by atoms with Crippen LogP contribution in [-0.4, -0.2) is 77.0 Å². The highest BCUT2D eigenvalue weighted by molar-refractivity contribution is 5.83. The number of carboxylic acid groups (broad SMARTS) is 1. The van der Waals surface area contributed by atoms with Gasteiger partial charge in [0.2, 0.25) is 0 Å². The van der Waals surface area contributed by atoms with Crippen molar-refractivity contribution in [3.63, 3.8) is 0 Å². The summed E-state index contributed by atoms with van der Waals surface area (Å²) in [6.45, 7) is 1.97. The number of hydrogen-bond acceptors (Lipinski definition) is 4. The number of carbonyl (C=O) groups is 2. The standard InChI is InChI=1S/C10H16N2O5/c13-7-5-8(9(14)15)12(6-7)10(16)11-1-3-17-4-2-11/h7-8,13H,1-6H2,(H,14,15)/t7-,8-/m1/s1. The van der Waals surface area contributed by atoms with E-state index in [1.54, 1.807) is 4.90 Å². The van der Waals surface area contributed by atoms with Gasteiger partial charge in [0.05, 0.1) is 19.3 Å². The van der Waals surface area contributed by atoms with Gasteiger partial charge in [-0.1, -0.05) is 0 Å². The van der Waals surface area contributed by atoms with Crippen molar-refractivity contribution >= 4 is 12.0 Å². The average Bonchev–Trinajstić information content (AvgIpc) is 2.72. The van der Waals surface area contributed by atoms with Gasteiger partial charge in [-0.3, -0.25) is 0 Å². The molecule has 0 unspecified atom stereocenters. The molecule has 0 aliphatic carbocycles. The zero-order chi connectivity index (χ0) is 12.4. The lowest BCUT2D eigenvalue weighted by Gasteiger charge is -2.32. The van der Waals surface area contributed by atoms with E-state index in [1.165, 1.54) is 4.90 Å². The summed E-state index contributed by atoms with van der Waals surface area (Å²) in [5, 5.41) is 18.5. The highest BCUT2D eigenvalue weighted by Gasteiger charge is 2.40. The monoisotopic (exact) mass is 244 g/mol. The van der Waals surface area contributed by atoms with Gasteiger partial charge in [0.15, 0.2) is 0 Å². The predicted octanol–water partition coefficient (Wildman–Crippen LogP) is -1.04. The first-order chi connectivity index (χ1) is 8.09. The van der Waals surface area contributed by atoms with Gasteiger partial charge in [-0.25, -0.2) is 9.59 Å². The number of rotatable bonds is 1. The highest BCUT2D eigenvalue weighted by atomic mass is 16.5. The number of β-amino-alcohol motifs (C(OH)–C–C–N with tert-alkyl or cyclic N) is 1. The summed E-state index contributed by atoms with van der Waals surface area (Å²) in [6, 6.07) is -1.24. The SMILES string of the molecule is O=C(O)[C@H]1C[C@@H](O)CN1C(=O)N1CCOCC1. The van der Waals surface area contributed by atoms with Crippen molar-refractivity contribution in [2.75, 3.05) is 32.8 Å². The minimum atomic E-state index is -1.07. The maximum Gasteiger partial charge on any atom is 0.326 e. The van der Waals surface area contributed by atoms with E-state index in [1.807, 2.05) is 0 Å². The molecule has 17 heavy (non-hydrogen) atoms. The third kappa shape index (κ3) is 2.50. The Kier molecular flexibility index (Phi) is 3.49.